The highest BCUT2D eigenvalue weighted by molar-refractivity contribution is 5.67. The van der Waals surface area contributed by atoms with Gasteiger partial charge in [0.2, 0.25) is 0 Å². The molecule has 2 aliphatic rings. The molecule has 3 heteroatoms. The molecular formula is C9H14O3. The smallest absolute Gasteiger partial charge is 0.305 e. The van der Waals surface area contributed by atoms with E-state index in [-0.39, 0.29) is 12.5 Å². The molecule has 0 amide bonds. The maximum atomic E-state index is 10.4. The second-order valence-electron chi connectivity index (χ2n) is 4.09. The summed E-state index contributed by atoms with van der Waals surface area (Å²) in [5.74, 6) is -0.739. The van der Waals surface area contributed by atoms with Gasteiger partial charge in [-0.15, -0.1) is 0 Å². The lowest BCUT2D eigenvalue weighted by Gasteiger charge is -2.36. The van der Waals surface area contributed by atoms with E-state index < -0.39 is 5.97 Å². The number of aliphatic carboxylic acids is 1. The van der Waals surface area contributed by atoms with Crippen molar-refractivity contribution in [2.24, 2.45) is 5.41 Å². The summed E-state index contributed by atoms with van der Waals surface area (Å²) in [6.45, 7) is 0.797. The van der Waals surface area contributed by atoms with Crippen LogP contribution >= 0.6 is 0 Å². The predicted octanol–water partition coefficient (Wildman–Crippen LogP) is 1.42. The minimum Gasteiger partial charge on any atom is -0.481 e. The average Bonchev–Trinajstić information content (AvgIpc) is 2.29. The van der Waals surface area contributed by atoms with Crippen LogP contribution < -0.4 is 0 Å². The highest BCUT2D eigenvalue weighted by atomic mass is 16.5. The molecule has 1 unspecified atom stereocenters. The molecule has 1 saturated heterocycles. The van der Waals surface area contributed by atoms with Gasteiger partial charge in [0.15, 0.2) is 0 Å². The van der Waals surface area contributed by atoms with Gasteiger partial charge >= 0.3 is 5.97 Å². The minimum absolute atomic E-state index is 0.0113. The third-order valence-electron chi connectivity index (χ3n) is 3.10. The van der Waals surface area contributed by atoms with Crippen LogP contribution in [0.4, 0.5) is 0 Å². The van der Waals surface area contributed by atoms with Gasteiger partial charge in [0.25, 0.3) is 0 Å². The van der Waals surface area contributed by atoms with Crippen molar-refractivity contribution in [3.8, 4) is 0 Å². The molecule has 0 radical (unpaired) electrons. The van der Waals surface area contributed by atoms with Gasteiger partial charge in [-0.2, -0.15) is 0 Å². The Morgan fingerprint density at radius 3 is 2.75 bits per heavy atom. The molecule has 1 spiro atoms. The number of hydrogen-bond acceptors (Lipinski definition) is 2. The summed E-state index contributed by atoms with van der Waals surface area (Å²) >= 11 is 0. The first-order valence-electron chi connectivity index (χ1n) is 4.54. The first kappa shape index (κ1) is 8.05. The summed E-state index contributed by atoms with van der Waals surface area (Å²) in [5, 5.41) is 8.55. The van der Waals surface area contributed by atoms with Crippen molar-refractivity contribution in [3.05, 3.63) is 0 Å². The zero-order chi connectivity index (χ0) is 8.60. The van der Waals surface area contributed by atoms with E-state index in [2.05, 4.69) is 0 Å². The Labute approximate surface area is 71.7 Å². The van der Waals surface area contributed by atoms with Crippen molar-refractivity contribution < 1.29 is 14.6 Å². The van der Waals surface area contributed by atoms with Crippen LogP contribution in [0.5, 0.6) is 0 Å². The fourth-order valence-corrected chi connectivity index (χ4v) is 2.25. The van der Waals surface area contributed by atoms with Crippen LogP contribution in [0.2, 0.25) is 0 Å². The number of ether oxygens (including phenoxy) is 1. The second-order valence-corrected chi connectivity index (χ2v) is 4.09. The first-order chi connectivity index (χ1) is 5.70. The zero-order valence-corrected chi connectivity index (χ0v) is 7.08. The van der Waals surface area contributed by atoms with Crippen LogP contribution in [0.3, 0.4) is 0 Å². The largest absolute Gasteiger partial charge is 0.481 e. The molecule has 1 aliphatic carbocycles. The molecule has 2 fully saturated rings. The molecule has 1 heterocycles. The highest BCUT2D eigenvalue weighted by Gasteiger charge is 2.44. The Hall–Kier alpha value is -0.570. The molecule has 0 bridgehead atoms. The number of carbonyl (C=O) groups is 1. The molecule has 0 aromatic rings. The van der Waals surface area contributed by atoms with Crippen molar-refractivity contribution in [2.45, 2.75) is 38.2 Å². The molecule has 12 heavy (non-hydrogen) atoms. The van der Waals surface area contributed by atoms with Crippen molar-refractivity contribution in [2.75, 3.05) is 6.61 Å². The second kappa shape index (κ2) is 2.73. The lowest BCUT2D eigenvalue weighted by Crippen LogP contribution is -2.29. The van der Waals surface area contributed by atoms with E-state index in [1.165, 1.54) is 19.3 Å². The average molecular weight is 170 g/mol. The Morgan fingerprint density at radius 1 is 1.58 bits per heavy atom. The monoisotopic (exact) mass is 170 g/mol. The van der Waals surface area contributed by atoms with Gasteiger partial charge < -0.3 is 9.84 Å². The molecule has 1 saturated carbocycles. The van der Waals surface area contributed by atoms with Gasteiger partial charge in [-0.05, 0) is 24.7 Å². The Balaban J connectivity index is 1.85. The first-order valence-corrected chi connectivity index (χ1v) is 4.54. The molecule has 1 aliphatic heterocycles. The van der Waals surface area contributed by atoms with E-state index in [1.54, 1.807) is 0 Å². The molecule has 1 atom stereocenters. The normalized spacial score (nSPS) is 31.8. The Kier molecular flexibility index (Phi) is 1.83. The summed E-state index contributed by atoms with van der Waals surface area (Å²) in [7, 11) is 0. The lowest BCUT2D eigenvalue weighted by atomic mass is 9.67. The van der Waals surface area contributed by atoms with E-state index in [0.29, 0.717) is 5.41 Å². The maximum absolute atomic E-state index is 10.4. The van der Waals surface area contributed by atoms with E-state index in [1.807, 2.05) is 0 Å². The summed E-state index contributed by atoms with van der Waals surface area (Å²) in [5.41, 5.74) is 0.389. The highest BCUT2D eigenvalue weighted by Crippen LogP contribution is 2.49. The molecule has 0 aromatic heterocycles. The van der Waals surface area contributed by atoms with Gasteiger partial charge in [-0.3, -0.25) is 4.79 Å². The van der Waals surface area contributed by atoms with Crippen LogP contribution in [-0.4, -0.2) is 23.8 Å². The van der Waals surface area contributed by atoms with Crippen molar-refractivity contribution >= 4 is 5.97 Å². The fraction of sp³-hybridized carbons (Fsp3) is 0.889. The lowest BCUT2D eigenvalue weighted by molar-refractivity contribution is -0.139. The van der Waals surface area contributed by atoms with E-state index >= 15 is 0 Å². The molecular weight excluding hydrogens is 156 g/mol. The topological polar surface area (TPSA) is 46.5 Å². The van der Waals surface area contributed by atoms with E-state index in [0.717, 1.165) is 13.0 Å². The summed E-state index contributed by atoms with van der Waals surface area (Å²) < 4.78 is 5.44. The summed E-state index contributed by atoms with van der Waals surface area (Å²) in [6, 6.07) is 0. The van der Waals surface area contributed by atoms with Crippen LogP contribution in [-0.2, 0) is 9.53 Å². The van der Waals surface area contributed by atoms with Crippen LogP contribution in [0, 0.1) is 5.41 Å². The molecule has 3 nitrogen and oxygen atoms in total. The Morgan fingerprint density at radius 2 is 2.33 bits per heavy atom. The molecule has 0 aromatic carbocycles. The van der Waals surface area contributed by atoms with Crippen molar-refractivity contribution in [3.63, 3.8) is 0 Å². The number of rotatable bonds is 2. The molecule has 1 N–H and O–H groups in total. The van der Waals surface area contributed by atoms with E-state index in [4.69, 9.17) is 9.84 Å². The predicted molar refractivity (Wildman–Crippen MR) is 42.9 cm³/mol. The van der Waals surface area contributed by atoms with E-state index in [9.17, 15) is 4.79 Å². The van der Waals surface area contributed by atoms with Crippen molar-refractivity contribution in [1.29, 1.82) is 0 Å². The van der Waals surface area contributed by atoms with Gasteiger partial charge in [-0.1, -0.05) is 6.42 Å². The Bertz CT molecular complexity index is 196. The summed E-state index contributed by atoms with van der Waals surface area (Å²) in [6.07, 6.45) is 4.92. The maximum Gasteiger partial charge on any atom is 0.305 e. The van der Waals surface area contributed by atoms with Gasteiger partial charge in [0.1, 0.15) is 0 Å². The van der Waals surface area contributed by atoms with Gasteiger partial charge in [0.05, 0.1) is 19.1 Å². The van der Waals surface area contributed by atoms with Gasteiger partial charge in [0, 0.05) is 0 Å². The quantitative estimate of drug-likeness (QED) is 0.681. The number of carboxylic acid groups (broad SMARTS) is 1. The number of hydrogen-bond donors (Lipinski definition) is 1. The third-order valence-corrected chi connectivity index (χ3v) is 3.10. The standard InChI is InChI=1S/C9H14O3/c10-8(11)4-7-5-9(6-12-7)2-1-3-9/h7H,1-6H2,(H,10,11). The van der Waals surface area contributed by atoms with Crippen molar-refractivity contribution in [1.82, 2.24) is 0 Å². The zero-order valence-electron chi connectivity index (χ0n) is 7.08. The SMILES string of the molecule is O=C(O)CC1CC2(CCC2)CO1. The fourth-order valence-electron chi connectivity index (χ4n) is 2.25. The third kappa shape index (κ3) is 1.33. The molecule has 2 rings (SSSR count). The van der Waals surface area contributed by atoms with Gasteiger partial charge in [-0.25, -0.2) is 0 Å². The molecule has 68 valence electrons. The minimum atomic E-state index is -0.739. The van der Waals surface area contributed by atoms with Crippen LogP contribution in [0.15, 0.2) is 0 Å². The number of carboxylic acids is 1. The van der Waals surface area contributed by atoms with Crippen LogP contribution in [0.1, 0.15) is 32.1 Å². The summed E-state index contributed by atoms with van der Waals surface area (Å²) in [4.78, 5) is 10.4. The van der Waals surface area contributed by atoms with Crippen LogP contribution in [0.25, 0.3) is 0 Å².